The lowest BCUT2D eigenvalue weighted by Crippen LogP contribution is -2.33. The van der Waals surface area contributed by atoms with E-state index in [1.165, 1.54) is 13.2 Å². The number of benzene rings is 1. The maximum Gasteiger partial charge on any atom is 0.491 e. The maximum absolute atomic E-state index is 13.5. The molecule has 2 N–H and O–H groups in total. The van der Waals surface area contributed by atoms with E-state index in [0.29, 0.717) is 10.0 Å². The molecule has 0 aliphatic carbocycles. The number of ether oxygens (including phenoxy) is 1. The van der Waals surface area contributed by atoms with Crippen LogP contribution in [-0.4, -0.2) is 24.3 Å². The molecule has 0 aliphatic rings. The molecule has 0 atom stereocenters. The fourth-order valence-corrected chi connectivity index (χ4v) is 1.58. The Morgan fingerprint density at radius 1 is 1.50 bits per heavy atom. The molecule has 0 unspecified atom stereocenters. The molecular formula is C8H9BBrFO3. The highest BCUT2D eigenvalue weighted by atomic mass is 79.9. The van der Waals surface area contributed by atoms with Crippen LogP contribution >= 0.6 is 15.9 Å². The van der Waals surface area contributed by atoms with Crippen molar-refractivity contribution < 1.29 is 19.2 Å². The molecule has 0 saturated carbocycles. The van der Waals surface area contributed by atoms with Crippen LogP contribution in [0.2, 0.25) is 0 Å². The number of halogens is 2. The van der Waals surface area contributed by atoms with Crippen LogP contribution in [0.15, 0.2) is 10.5 Å². The van der Waals surface area contributed by atoms with Gasteiger partial charge in [-0.15, -0.1) is 0 Å². The molecule has 0 bridgehead atoms. The minimum absolute atomic E-state index is 0.0203. The average molecular weight is 263 g/mol. The minimum atomic E-state index is -1.84. The Labute approximate surface area is 89.8 Å². The molecule has 76 valence electrons. The Kier molecular flexibility index (Phi) is 3.52. The van der Waals surface area contributed by atoms with E-state index >= 15 is 0 Å². The van der Waals surface area contributed by atoms with E-state index in [-0.39, 0.29) is 11.2 Å². The topological polar surface area (TPSA) is 49.7 Å². The SMILES string of the molecule is COc1c(F)c(B(O)O)cc(C)c1Br. The molecule has 1 aromatic rings. The summed E-state index contributed by atoms with van der Waals surface area (Å²) in [6.45, 7) is 1.71. The van der Waals surface area contributed by atoms with Crippen LogP contribution < -0.4 is 10.2 Å². The molecule has 1 rings (SSSR count). The van der Waals surface area contributed by atoms with Crippen molar-refractivity contribution in [1.29, 1.82) is 0 Å². The zero-order chi connectivity index (χ0) is 10.9. The molecule has 0 radical (unpaired) electrons. The van der Waals surface area contributed by atoms with Gasteiger partial charge in [0.05, 0.1) is 11.6 Å². The first-order valence-corrected chi connectivity index (χ1v) is 4.67. The van der Waals surface area contributed by atoms with Gasteiger partial charge in [0.15, 0.2) is 11.6 Å². The second-order valence-corrected chi connectivity index (χ2v) is 3.61. The predicted molar refractivity (Wildman–Crippen MR) is 55.2 cm³/mol. The van der Waals surface area contributed by atoms with Crippen LogP contribution in [0.25, 0.3) is 0 Å². The number of rotatable bonds is 2. The summed E-state index contributed by atoms with van der Waals surface area (Å²) in [5.41, 5.74) is 0.480. The summed E-state index contributed by atoms with van der Waals surface area (Å²) in [5.74, 6) is -0.784. The Morgan fingerprint density at radius 2 is 2.07 bits per heavy atom. The first kappa shape index (κ1) is 11.5. The molecule has 0 heterocycles. The summed E-state index contributed by atoms with van der Waals surface area (Å²) in [6.07, 6.45) is 0. The molecule has 6 heteroatoms. The van der Waals surface area contributed by atoms with Gasteiger partial charge < -0.3 is 14.8 Å². The van der Waals surface area contributed by atoms with Crippen LogP contribution in [0.5, 0.6) is 5.75 Å². The molecule has 0 spiro atoms. The summed E-state index contributed by atoms with van der Waals surface area (Å²) in [5, 5.41) is 17.8. The number of methoxy groups -OCH3 is 1. The van der Waals surface area contributed by atoms with Crippen molar-refractivity contribution in [2.45, 2.75) is 6.92 Å². The Hall–Kier alpha value is -0.585. The summed E-state index contributed by atoms with van der Waals surface area (Å²) >= 11 is 3.15. The second-order valence-electron chi connectivity index (χ2n) is 2.82. The predicted octanol–water partition coefficient (Wildman–Crippen LogP) is 0.585. The molecule has 0 amide bonds. The molecule has 0 aromatic heterocycles. The molecule has 0 aliphatic heterocycles. The van der Waals surface area contributed by atoms with Gasteiger partial charge in [0.25, 0.3) is 0 Å². The van der Waals surface area contributed by atoms with Crippen LogP contribution in [0.1, 0.15) is 5.56 Å². The van der Waals surface area contributed by atoms with E-state index < -0.39 is 12.9 Å². The minimum Gasteiger partial charge on any atom is -0.492 e. The van der Waals surface area contributed by atoms with Gasteiger partial charge in [-0.05, 0) is 28.4 Å². The van der Waals surface area contributed by atoms with E-state index in [0.717, 1.165) is 0 Å². The quantitative estimate of drug-likeness (QED) is 0.767. The Bertz CT molecular complexity index is 357. The van der Waals surface area contributed by atoms with Gasteiger partial charge in [-0.2, -0.15) is 0 Å². The van der Waals surface area contributed by atoms with Crippen LogP contribution in [0.3, 0.4) is 0 Å². The molecule has 1 aromatic carbocycles. The highest BCUT2D eigenvalue weighted by molar-refractivity contribution is 9.10. The smallest absolute Gasteiger partial charge is 0.491 e. The van der Waals surface area contributed by atoms with Gasteiger partial charge in [-0.1, -0.05) is 6.07 Å². The monoisotopic (exact) mass is 262 g/mol. The number of aryl methyl sites for hydroxylation is 1. The largest absolute Gasteiger partial charge is 0.492 e. The fraction of sp³-hybridized carbons (Fsp3) is 0.250. The lowest BCUT2D eigenvalue weighted by Gasteiger charge is -2.11. The summed E-state index contributed by atoms with van der Waals surface area (Å²) in [6, 6.07) is 1.35. The fourth-order valence-electron chi connectivity index (χ4n) is 1.13. The van der Waals surface area contributed by atoms with Crippen LogP contribution in [-0.2, 0) is 0 Å². The van der Waals surface area contributed by atoms with Crippen molar-refractivity contribution in [3.63, 3.8) is 0 Å². The van der Waals surface area contributed by atoms with E-state index in [4.69, 9.17) is 14.8 Å². The van der Waals surface area contributed by atoms with Gasteiger partial charge in [-0.25, -0.2) is 4.39 Å². The Balaban J connectivity index is 3.42. The van der Waals surface area contributed by atoms with E-state index in [9.17, 15) is 4.39 Å². The van der Waals surface area contributed by atoms with Gasteiger partial charge in [-0.3, -0.25) is 0 Å². The maximum atomic E-state index is 13.5. The third-order valence-corrected chi connectivity index (χ3v) is 2.84. The highest BCUT2D eigenvalue weighted by Crippen LogP contribution is 2.29. The third-order valence-electron chi connectivity index (χ3n) is 1.85. The van der Waals surface area contributed by atoms with Crippen molar-refractivity contribution in [3.8, 4) is 5.75 Å². The zero-order valence-electron chi connectivity index (χ0n) is 7.71. The number of hydrogen-bond acceptors (Lipinski definition) is 3. The third kappa shape index (κ3) is 1.92. The second kappa shape index (κ2) is 4.29. The molecule has 0 saturated heterocycles. The van der Waals surface area contributed by atoms with Crippen molar-refractivity contribution >= 4 is 28.5 Å². The Morgan fingerprint density at radius 3 is 2.50 bits per heavy atom. The van der Waals surface area contributed by atoms with Gasteiger partial charge in [0.1, 0.15) is 0 Å². The lowest BCUT2D eigenvalue weighted by molar-refractivity contribution is 0.381. The average Bonchev–Trinajstić information content (AvgIpc) is 2.12. The van der Waals surface area contributed by atoms with Gasteiger partial charge in [0, 0.05) is 5.46 Å². The summed E-state index contributed by atoms with van der Waals surface area (Å²) in [7, 11) is -0.522. The normalized spacial score (nSPS) is 10.1. The van der Waals surface area contributed by atoms with E-state index in [1.54, 1.807) is 6.92 Å². The summed E-state index contributed by atoms with van der Waals surface area (Å²) < 4.78 is 18.8. The molecule has 0 fully saturated rings. The van der Waals surface area contributed by atoms with Gasteiger partial charge in [0.2, 0.25) is 0 Å². The van der Waals surface area contributed by atoms with Crippen molar-refractivity contribution in [2.75, 3.05) is 7.11 Å². The standard InChI is InChI=1S/C8H9BBrFO3/c1-4-3-5(9(12)13)7(11)8(14-2)6(4)10/h3,12-13H,1-2H3. The highest BCUT2D eigenvalue weighted by Gasteiger charge is 2.22. The number of hydrogen-bond donors (Lipinski definition) is 2. The van der Waals surface area contributed by atoms with Crippen LogP contribution in [0.4, 0.5) is 4.39 Å². The van der Waals surface area contributed by atoms with Crippen molar-refractivity contribution in [1.82, 2.24) is 0 Å². The molecule has 3 nitrogen and oxygen atoms in total. The molecular weight excluding hydrogens is 254 g/mol. The van der Waals surface area contributed by atoms with Crippen molar-refractivity contribution in [3.05, 3.63) is 21.9 Å². The van der Waals surface area contributed by atoms with Crippen LogP contribution in [0, 0.1) is 12.7 Å². The van der Waals surface area contributed by atoms with Crippen molar-refractivity contribution in [2.24, 2.45) is 0 Å². The lowest BCUT2D eigenvalue weighted by atomic mass is 9.79. The summed E-state index contributed by atoms with van der Waals surface area (Å²) in [4.78, 5) is 0. The first-order chi connectivity index (χ1) is 6.49. The van der Waals surface area contributed by atoms with Gasteiger partial charge >= 0.3 is 7.12 Å². The van der Waals surface area contributed by atoms with E-state index in [2.05, 4.69) is 15.9 Å². The van der Waals surface area contributed by atoms with E-state index in [1.807, 2.05) is 0 Å². The first-order valence-electron chi connectivity index (χ1n) is 3.87. The molecule has 14 heavy (non-hydrogen) atoms. The zero-order valence-corrected chi connectivity index (χ0v) is 9.30.